The van der Waals surface area contributed by atoms with Crippen molar-refractivity contribution in [1.82, 2.24) is 47.0 Å². The summed E-state index contributed by atoms with van der Waals surface area (Å²) < 4.78 is 31.2. The second-order valence-corrected chi connectivity index (χ2v) is 15.8. The van der Waals surface area contributed by atoms with Gasteiger partial charge in [0.25, 0.3) is 11.1 Å². The Balaban J connectivity index is 1.10. The van der Waals surface area contributed by atoms with Gasteiger partial charge in [0, 0.05) is 74.9 Å². The van der Waals surface area contributed by atoms with Crippen molar-refractivity contribution >= 4 is 33.7 Å². The molecule has 0 saturated carbocycles. The largest absolute Gasteiger partial charge is 0.508 e. The van der Waals surface area contributed by atoms with Crippen molar-refractivity contribution < 1.29 is 24.1 Å². The molecule has 9 rings (SSSR count). The van der Waals surface area contributed by atoms with Gasteiger partial charge in [0.1, 0.15) is 23.2 Å². The lowest BCUT2D eigenvalue weighted by Crippen LogP contribution is -2.47. The van der Waals surface area contributed by atoms with Crippen LogP contribution in [0.5, 0.6) is 28.7 Å². The van der Waals surface area contributed by atoms with Crippen LogP contribution < -0.4 is 52.8 Å². The van der Waals surface area contributed by atoms with Gasteiger partial charge < -0.3 is 33.2 Å². The molecular formula is C42H41ClN10O11. The smallest absolute Gasteiger partial charge is 0.348 e. The number of methoxy groups -OCH3 is 4. The fraction of sp³-hybridized carbons (Fsp3) is 0.333. The molecule has 3 aromatic carbocycles. The summed E-state index contributed by atoms with van der Waals surface area (Å²) in [6.07, 6.45) is 1.49. The highest BCUT2D eigenvalue weighted by Gasteiger charge is 2.42. The van der Waals surface area contributed by atoms with E-state index in [-0.39, 0.29) is 66.7 Å². The number of aromatic hydroxyl groups is 1. The van der Waals surface area contributed by atoms with Gasteiger partial charge in [0.15, 0.2) is 23.0 Å². The third-order valence-electron chi connectivity index (χ3n) is 12.1. The van der Waals surface area contributed by atoms with E-state index < -0.39 is 46.0 Å². The number of halogens is 1. The molecule has 21 nitrogen and oxygen atoms in total. The van der Waals surface area contributed by atoms with Gasteiger partial charge in [-0.25, -0.2) is 57.0 Å². The third kappa shape index (κ3) is 6.36. The monoisotopic (exact) mass is 896 g/mol. The Morgan fingerprint density at radius 2 is 1.14 bits per heavy atom. The molecule has 64 heavy (non-hydrogen) atoms. The Labute approximate surface area is 364 Å². The minimum absolute atomic E-state index is 0.0803. The number of hydrogen-bond donors (Lipinski definition) is 1. The minimum atomic E-state index is -1.16. The molecule has 0 bridgehead atoms. The molecule has 2 unspecified atom stereocenters. The Morgan fingerprint density at radius 3 is 1.66 bits per heavy atom. The first-order chi connectivity index (χ1) is 30.7. The topological polar surface area (TPSA) is 225 Å². The van der Waals surface area contributed by atoms with Crippen LogP contribution in [0.4, 0.5) is 0 Å². The summed E-state index contributed by atoms with van der Waals surface area (Å²) in [5.74, 6) is 1.37. The van der Waals surface area contributed by atoms with Crippen molar-refractivity contribution in [3.05, 3.63) is 139 Å². The van der Waals surface area contributed by atoms with Crippen LogP contribution in [0.1, 0.15) is 29.0 Å². The lowest BCUT2D eigenvalue weighted by Gasteiger charge is -2.37. The number of nitrogens with zero attached hydrogens (tertiary/aromatic N) is 10. The predicted octanol–water partition coefficient (Wildman–Crippen LogP) is 1.09. The van der Waals surface area contributed by atoms with Crippen LogP contribution in [0, 0.1) is 0 Å². The maximum atomic E-state index is 14.5. The lowest BCUT2D eigenvalue weighted by molar-refractivity contribution is 0.244. The fourth-order valence-electron chi connectivity index (χ4n) is 8.84. The van der Waals surface area contributed by atoms with E-state index in [1.807, 2.05) is 0 Å². The molecule has 0 aliphatic carbocycles. The van der Waals surface area contributed by atoms with Crippen molar-refractivity contribution in [3.8, 4) is 28.7 Å². The highest BCUT2D eigenvalue weighted by atomic mass is 35.5. The zero-order chi connectivity index (χ0) is 45.5. The number of phenols is 1. The highest BCUT2D eigenvalue weighted by molar-refractivity contribution is 6.30. The molecule has 0 saturated heterocycles. The number of allylic oxidation sites excluding steroid dienone is 2. The molecule has 2 aliphatic rings. The van der Waals surface area contributed by atoms with Gasteiger partial charge >= 0.3 is 22.8 Å². The van der Waals surface area contributed by atoms with E-state index in [2.05, 4.69) is 9.97 Å². The molecule has 4 aromatic heterocycles. The average Bonchev–Trinajstić information content (AvgIpc) is 3.69. The summed E-state index contributed by atoms with van der Waals surface area (Å²) in [4.78, 5) is 93.4. The van der Waals surface area contributed by atoms with E-state index in [1.165, 1.54) is 69.8 Å². The van der Waals surface area contributed by atoms with Crippen LogP contribution in [0.25, 0.3) is 22.1 Å². The maximum Gasteiger partial charge on any atom is 0.348 e. The van der Waals surface area contributed by atoms with Crippen molar-refractivity contribution in [2.75, 3.05) is 28.4 Å². The molecule has 0 spiro atoms. The molecule has 2 aliphatic heterocycles. The summed E-state index contributed by atoms with van der Waals surface area (Å²) >= 11 is 6.44. The lowest BCUT2D eigenvalue weighted by atomic mass is 9.90. The van der Waals surface area contributed by atoms with Gasteiger partial charge in [-0.05, 0) is 23.8 Å². The van der Waals surface area contributed by atoms with Gasteiger partial charge in [-0.3, -0.25) is 9.59 Å². The number of aryl methyl sites for hydroxylation is 4. The number of ether oxygens (including phenoxy) is 4. The molecule has 0 radical (unpaired) electrons. The van der Waals surface area contributed by atoms with Gasteiger partial charge in [-0.2, -0.15) is 0 Å². The van der Waals surface area contributed by atoms with Crippen LogP contribution in [0.3, 0.4) is 0 Å². The molecule has 332 valence electrons. The van der Waals surface area contributed by atoms with E-state index in [0.29, 0.717) is 50.6 Å². The number of hydrogen-bond acceptors (Lipinski definition) is 13. The van der Waals surface area contributed by atoms with Crippen LogP contribution in [-0.4, -0.2) is 80.5 Å². The van der Waals surface area contributed by atoms with E-state index in [1.54, 1.807) is 44.4 Å². The summed E-state index contributed by atoms with van der Waals surface area (Å²) in [6.45, 7) is -0.831. The first-order valence-electron chi connectivity index (χ1n) is 20.0. The van der Waals surface area contributed by atoms with E-state index in [9.17, 15) is 33.9 Å². The molecule has 0 amide bonds. The maximum absolute atomic E-state index is 14.5. The Kier molecular flexibility index (Phi) is 10.2. The summed E-state index contributed by atoms with van der Waals surface area (Å²) in [5, 5.41) is 11.5. The van der Waals surface area contributed by atoms with E-state index in [0.717, 1.165) is 13.8 Å². The Bertz CT molecular complexity index is 3510. The first kappa shape index (κ1) is 41.8. The van der Waals surface area contributed by atoms with Crippen molar-refractivity contribution in [3.63, 3.8) is 0 Å². The molecule has 0 fully saturated rings. The minimum Gasteiger partial charge on any atom is -0.508 e. The van der Waals surface area contributed by atoms with E-state index >= 15 is 0 Å². The van der Waals surface area contributed by atoms with Gasteiger partial charge in [-0.1, -0.05) is 17.7 Å². The van der Waals surface area contributed by atoms with Gasteiger partial charge in [0.2, 0.25) is 0 Å². The van der Waals surface area contributed by atoms with Crippen LogP contribution in [0.15, 0.2) is 82.9 Å². The van der Waals surface area contributed by atoms with Crippen LogP contribution in [-0.2, 0) is 53.1 Å². The molecule has 7 aromatic rings. The molecular weight excluding hydrogens is 856 g/mol. The predicted molar refractivity (Wildman–Crippen MR) is 232 cm³/mol. The zero-order valence-corrected chi connectivity index (χ0v) is 36.2. The molecule has 22 heteroatoms. The number of benzene rings is 3. The quantitative estimate of drug-likeness (QED) is 0.180. The Morgan fingerprint density at radius 1 is 0.656 bits per heavy atom. The van der Waals surface area contributed by atoms with Gasteiger partial charge in [-0.15, -0.1) is 0 Å². The van der Waals surface area contributed by atoms with Crippen molar-refractivity contribution in [2.24, 2.45) is 14.1 Å². The fourth-order valence-corrected chi connectivity index (χ4v) is 9.02. The molecule has 6 heterocycles. The first-order valence-corrected chi connectivity index (χ1v) is 20.3. The second kappa shape index (κ2) is 15.7. The van der Waals surface area contributed by atoms with E-state index in [4.69, 9.17) is 30.5 Å². The number of phenolic OH excluding ortho intramolecular Hbond substituents is 1. The van der Waals surface area contributed by atoms with Crippen molar-refractivity contribution in [1.29, 1.82) is 0 Å². The Hall–Kier alpha value is -7.55. The van der Waals surface area contributed by atoms with Crippen molar-refractivity contribution in [2.45, 2.75) is 51.1 Å². The third-order valence-corrected chi connectivity index (χ3v) is 12.3. The molecule has 2 atom stereocenters. The summed E-state index contributed by atoms with van der Waals surface area (Å²) in [5.41, 5.74) is -1.19. The number of aromatic nitrogens is 10. The SMILES string of the molecule is COc1cc2nc(CCn3c(=O)n4n(c3=O)C3Cn5c(=O)n(CCc6nc7cc(OC)c(OC)cc7n(C)c6=O)c(=O)n5C(c5cc(Cl)ccc5O)C3=CC4)c(=O)n(C)c2cc1OC. The standard InChI is InChI=1S/C42H41ClN10O11/c1-46-28-18-34(63-5)32(61-3)16-26(28)44-24(37(46)55)10-12-48-39(57)50-14-9-22-30(52(50)41(48)59)20-51-40(58)49(42(60)53(51)36(22)23-15-21(43)7-8-31(23)54)13-11-25-38(56)47(2)29-19-35(64-6)33(62-4)17-27(29)45-25/h7-9,15-19,30,36,54H,10-14,20H2,1-6H3. The average molecular weight is 897 g/mol. The second-order valence-electron chi connectivity index (χ2n) is 15.3. The normalized spacial score (nSPS) is 15.5. The number of rotatable bonds is 11. The summed E-state index contributed by atoms with van der Waals surface area (Å²) in [7, 11) is 9.05. The van der Waals surface area contributed by atoms with Crippen LogP contribution in [0.2, 0.25) is 5.02 Å². The van der Waals surface area contributed by atoms with Gasteiger partial charge in [0.05, 0.1) is 69.6 Å². The highest BCUT2D eigenvalue weighted by Crippen LogP contribution is 2.42. The van der Waals surface area contributed by atoms with Crippen LogP contribution >= 0.6 is 11.6 Å². The zero-order valence-electron chi connectivity index (χ0n) is 35.4. The summed E-state index contributed by atoms with van der Waals surface area (Å²) in [6, 6.07) is 8.65. The molecule has 1 N–H and O–H groups in total. The number of fused-ring (bicyclic) bond motifs is 6.